The zero-order chi connectivity index (χ0) is 17.6. The van der Waals surface area contributed by atoms with E-state index in [1.165, 1.54) is 0 Å². The van der Waals surface area contributed by atoms with Crippen LogP contribution in [0.25, 0.3) is 11.0 Å². The second-order valence-electron chi connectivity index (χ2n) is 6.30. The van der Waals surface area contributed by atoms with Crippen molar-refractivity contribution in [1.29, 1.82) is 0 Å². The molecule has 0 saturated heterocycles. The molecule has 1 N–H and O–H groups in total. The summed E-state index contributed by atoms with van der Waals surface area (Å²) < 4.78 is 14.1. The molecule has 8 heteroatoms. The predicted molar refractivity (Wildman–Crippen MR) is 91.8 cm³/mol. The highest BCUT2D eigenvalue weighted by Crippen LogP contribution is 2.34. The fourth-order valence-electron chi connectivity index (χ4n) is 2.90. The van der Waals surface area contributed by atoms with Crippen LogP contribution < -0.4 is 14.8 Å². The Morgan fingerprint density at radius 2 is 2.08 bits per heavy atom. The number of aromatic nitrogens is 4. The molecule has 4 rings (SSSR count). The maximum atomic E-state index is 12.3. The largest absolute Gasteiger partial charge is 0.454 e. The normalized spacial score (nSPS) is 13.0. The zero-order valence-corrected chi connectivity index (χ0v) is 14.3. The van der Waals surface area contributed by atoms with Gasteiger partial charge in [-0.3, -0.25) is 14.2 Å². The average molecular weight is 341 g/mol. The van der Waals surface area contributed by atoms with E-state index in [0.29, 0.717) is 17.2 Å². The first-order valence-electron chi connectivity index (χ1n) is 8.13. The monoisotopic (exact) mass is 341 g/mol. The van der Waals surface area contributed by atoms with Crippen LogP contribution in [-0.2, 0) is 11.3 Å². The third kappa shape index (κ3) is 2.79. The van der Waals surface area contributed by atoms with Crippen LogP contribution in [0.15, 0.2) is 24.4 Å². The second kappa shape index (κ2) is 5.80. The zero-order valence-electron chi connectivity index (χ0n) is 14.3. The molecule has 0 radical (unpaired) electrons. The minimum Gasteiger partial charge on any atom is -0.454 e. The van der Waals surface area contributed by atoms with Crippen LogP contribution in [0.5, 0.6) is 11.5 Å². The van der Waals surface area contributed by atoms with Crippen molar-refractivity contribution in [2.45, 2.75) is 33.4 Å². The van der Waals surface area contributed by atoms with Gasteiger partial charge in [0.05, 0.1) is 11.9 Å². The van der Waals surface area contributed by atoms with Crippen LogP contribution >= 0.6 is 0 Å². The quantitative estimate of drug-likeness (QED) is 0.788. The molecule has 0 bridgehead atoms. The Morgan fingerprint density at radius 1 is 1.28 bits per heavy atom. The van der Waals surface area contributed by atoms with Gasteiger partial charge in [-0.2, -0.15) is 10.2 Å². The number of carbonyl (C=O) groups excluding carboxylic acids is 1. The Labute approximate surface area is 144 Å². The molecule has 2 aromatic heterocycles. The maximum absolute atomic E-state index is 12.3. The van der Waals surface area contributed by atoms with Gasteiger partial charge in [0.25, 0.3) is 0 Å². The Bertz CT molecular complexity index is 957. The van der Waals surface area contributed by atoms with Gasteiger partial charge in [-0.25, -0.2) is 0 Å². The third-order valence-electron chi connectivity index (χ3n) is 4.04. The smallest absolute Gasteiger partial charge is 0.246 e. The van der Waals surface area contributed by atoms with E-state index in [9.17, 15) is 4.79 Å². The van der Waals surface area contributed by atoms with E-state index < -0.39 is 0 Å². The highest BCUT2D eigenvalue weighted by Gasteiger charge is 2.16. The summed E-state index contributed by atoms with van der Waals surface area (Å²) in [6.07, 6.45) is 1.86. The molecule has 1 aliphatic rings. The molecule has 1 amide bonds. The number of benzene rings is 1. The molecule has 8 nitrogen and oxygen atoms in total. The molecule has 3 heterocycles. The Kier molecular flexibility index (Phi) is 3.60. The fraction of sp³-hybridized carbons (Fsp3) is 0.353. The summed E-state index contributed by atoms with van der Waals surface area (Å²) in [4.78, 5) is 12.3. The van der Waals surface area contributed by atoms with Gasteiger partial charge >= 0.3 is 0 Å². The van der Waals surface area contributed by atoms with E-state index in [2.05, 4.69) is 29.4 Å². The van der Waals surface area contributed by atoms with Gasteiger partial charge in [0, 0.05) is 17.8 Å². The molecule has 130 valence electrons. The van der Waals surface area contributed by atoms with E-state index >= 15 is 0 Å². The van der Waals surface area contributed by atoms with Gasteiger partial charge in [0.2, 0.25) is 12.7 Å². The molecule has 1 aromatic carbocycles. The first-order chi connectivity index (χ1) is 12.0. The van der Waals surface area contributed by atoms with Gasteiger partial charge in [-0.15, -0.1) is 0 Å². The minimum atomic E-state index is -0.161. The molecule has 25 heavy (non-hydrogen) atoms. The van der Waals surface area contributed by atoms with Crippen molar-refractivity contribution in [2.24, 2.45) is 0 Å². The van der Waals surface area contributed by atoms with Crippen LogP contribution in [0.4, 0.5) is 5.69 Å². The topological polar surface area (TPSA) is 83.2 Å². The first-order valence-corrected chi connectivity index (χ1v) is 8.13. The predicted octanol–water partition coefficient (Wildman–Crippen LogP) is 2.49. The van der Waals surface area contributed by atoms with Crippen molar-refractivity contribution in [1.82, 2.24) is 19.6 Å². The number of carbonyl (C=O) groups is 1. The number of anilines is 1. The van der Waals surface area contributed by atoms with Crippen molar-refractivity contribution in [3.63, 3.8) is 0 Å². The molecular formula is C17H19N5O3. The summed E-state index contributed by atoms with van der Waals surface area (Å²) >= 11 is 0. The number of fused-ring (bicyclic) bond motifs is 2. The number of rotatable bonds is 4. The lowest BCUT2D eigenvalue weighted by molar-refractivity contribution is -0.116. The number of hydrogen-bond acceptors (Lipinski definition) is 5. The lowest BCUT2D eigenvalue weighted by atomic mass is 10.3. The molecular weight excluding hydrogens is 322 g/mol. The van der Waals surface area contributed by atoms with Crippen molar-refractivity contribution in [3.05, 3.63) is 30.1 Å². The number of aryl methyl sites for hydroxylation is 1. The molecule has 3 aromatic rings. The van der Waals surface area contributed by atoms with Gasteiger partial charge in [0.1, 0.15) is 17.6 Å². The molecule has 0 aliphatic carbocycles. The minimum absolute atomic E-state index is 0.126. The van der Waals surface area contributed by atoms with E-state index in [0.717, 1.165) is 16.7 Å². The fourth-order valence-corrected chi connectivity index (χ4v) is 2.90. The molecule has 0 fully saturated rings. The van der Waals surface area contributed by atoms with Crippen LogP contribution in [0.3, 0.4) is 0 Å². The van der Waals surface area contributed by atoms with Crippen molar-refractivity contribution < 1.29 is 14.3 Å². The van der Waals surface area contributed by atoms with Crippen molar-refractivity contribution in [3.8, 4) is 11.5 Å². The lowest BCUT2D eigenvalue weighted by Gasteiger charge is -2.07. The van der Waals surface area contributed by atoms with Gasteiger partial charge in [0.15, 0.2) is 11.5 Å². The highest BCUT2D eigenvalue weighted by molar-refractivity contribution is 5.91. The molecule has 1 aliphatic heterocycles. The second-order valence-corrected chi connectivity index (χ2v) is 6.30. The Balaban J connectivity index is 1.51. The van der Waals surface area contributed by atoms with Crippen LogP contribution in [0, 0.1) is 6.92 Å². The van der Waals surface area contributed by atoms with Crippen LogP contribution in [0.2, 0.25) is 0 Å². The molecule has 0 saturated carbocycles. The number of ether oxygens (including phenoxy) is 2. The summed E-state index contributed by atoms with van der Waals surface area (Å²) in [5, 5.41) is 11.8. The highest BCUT2D eigenvalue weighted by atomic mass is 16.7. The molecule has 0 atom stereocenters. The Hall–Kier alpha value is -3.03. The van der Waals surface area contributed by atoms with Gasteiger partial charge < -0.3 is 14.8 Å². The van der Waals surface area contributed by atoms with Gasteiger partial charge in [-0.1, -0.05) is 0 Å². The van der Waals surface area contributed by atoms with Crippen LogP contribution in [0.1, 0.15) is 25.6 Å². The van der Waals surface area contributed by atoms with E-state index in [4.69, 9.17) is 9.47 Å². The summed E-state index contributed by atoms with van der Waals surface area (Å²) in [6.45, 7) is 6.38. The summed E-state index contributed by atoms with van der Waals surface area (Å²) in [5.41, 5.74) is 3.28. The van der Waals surface area contributed by atoms with Crippen LogP contribution in [-0.4, -0.2) is 32.3 Å². The summed E-state index contributed by atoms with van der Waals surface area (Å²) in [6, 6.07) is 5.55. The van der Waals surface area contributed by atoms with E-state index in [1.54, 1.807) is 22.9 Å². The lowest BCUT2D eigenvalue weighted by Crippen LogP contribution is -2.19. The number of hydrogen-bond donors (Lipinski definition) is 1. The van der Waals surface area contributed by atoms with E-state index in [1.807, 2.05) is 17.8 Å². The standard InChI is InChI=1S/C17H19N5O3/c1-10(2)22-13-7-21(20-17(13)11(3)19-22)8-16(23)18-12-4-5-14-15(6-12)25-9-24-14/h4-7,10H,8-9H2,1-3H3,(H,18,23). The maximum Gasteiger partial charge on any atom is 0.246 e. The number of amides is 1. The number of nitrogens with zero attached hydrogens (tertiary/aromatic N) is 4. The SMILES string of the molecule is Cc1nn(C(C)C)c2cn(CC(=O)Nc3ccc4c(c3)OCO4)nc12. The molecule has 0 spiro atoms. The van der Waals surface area contributed by atoms with Gasteiger partial charge in [-0.05, 0) is 32.9 Å². The van der Waals surface area contributed by atoms with Crippen molar-refractivity contribution in [2.75, 3.05) is 12.1 Å². The molecule has 0 unspecified atom stereocenters. The third-order valence-corrected chi connectivity index (χ3v) is 4.04. The average Bonchev–Trinajstić information content (AvgIpc) is 3.23. The first kappa shape index (κ1) is 15.5. The van der Waals surface area contributed by atoms with Crippen molar-refractivity contribution >= 4 is 22.6 Å². The summed E-state index contributed by atoms with van der Waals surface area (Å²) in [7, 11) is 0. The Morgan fingerprint density at radius 3 is 2.88 bits per heavy atom. The number of nitrogens with one attached hydrogen (secondary N) is 1. The summed E-state index contributed by atoms with van der Waals surface area (Å²) in [5.74, 6) is 1.16. The van der Waals surface area contributed by atoms with E-state index in [-0.39, 0.29) is 25.3 Å².